The number of hydrogen-bond acceptors (Lipinski definition) is 6. The summed E-state index contributed by atoms with van der Waals surface area (Å²) in [5.74, 6) is -0.198. The molecule has 1 amide bonds. The molecule has 426 valence electrons. The van der Waals surface area contributed by atoms with Crippen molar-refractivity contribution in [1.82, 2.24) is 5.32 Å². The molecule has 0 aliphatic carbocycles. The Morgan fingerprint density at radius 1 is 0.486 bits per heavy atom. The summed E-state index contributed by atoms with van der Waals surface area (Å²) >= 11 is 0. The lowest BCUT2D eigenvalue weighted by molar-refractivity contribution is -0.870. The molecule has 0 fully saturated rings. The van der Waals surface area contributed by atoms with Gasteiger partial charge in [0.25, 0.3) is 7.82 Å². The van der Waals surface area contributed by atoms with Crippen LogP contribution in [0, 0.1) is 0 Å². The molecule has 0 saturated carbocycles. The molecule has 2 N–H and O–H groups in total. The monoisotopic (exact) mass is 1030 g/mol. The largest absolute Gasteiger partial charge is 0.756 e. The number of hydrogen-bond donors (Lipinski definition) is 2. The van der Waals surface area contributed by atoms with Gasteiger partial charge in [-0.15, -0.1) is 0 Å². The Labute approximate surface area is 448 Å². The van der Waals surface area contributed by atoms with Crippen LogP contribution in [0.15, 0.2) is 36.5 Å². The summed E-state index contributed by atoms with van der Waals surface area (Å²) in [4.78, 5) is 25.5. The van der Waals surface area contributed by atoms with E-state index in [2.05, 4.69) is 43.5 Å². The van der Waals surface area contributed by atoms with Crippen molar-refractivity contribution in [2.24, 2.45) is 0 Å². The van der Waals surface area contributed by atoms with Crippen LogP contribution in [0.5, 0.6) is 0 Å². The molecular weight excluding hydrogens is 912 g/mol. The van der Waals surface area contributed by atoms with E-state index in [0.29, 0.717) is 17.4 Å². The Bertz CT molecular complexity index is 1270. The highest BCUT2D eigenvalue weighted by Gasteiger charge is 2.23. The molecule has 0 spiro atoms. The maximum Gasteiger partial charge on any atom is 0.268 e. The van der Waals surface area contributed by atoms with Crippen LogP contribution >= 0.6 is 7.82 Å². The van der Waals surface area contributed by atoms with Crippen molar-refractivity contribution < 1.29 is 32.9 Å². The molecule has 0 aromatic rings. The van der Waals surface area contributed by atoms with Gasteiger partial charge in [-0.05, 0) is 51.4 Å². The molecule has 0 saturated heterocycles. The lowest BCUT2D eigenvalue weighted by atomic mass is 10.0. The number of rotatable bonds is 58. The van der Waals surface area contributed by atoms with Crippen molar-refractivity contribution in [3.63, 3.8) is 0 Å². The summed E-state index contributed by atoms with van der Waals surface area (Å²) in [5, 5.41) is 13.9. The van der Waals surface area contributed by atoms with E-state index in [9.17, 15) is 19.4 Å². The maximum atomic E-state index is 13.0. The highest BCUT2D eigenvalue weighted by Crippen LogP contribution is 2.38. The van der Waals surface area contributed by atoms with Crippen LogP contribution in [0.2, 0.25) is 0 Å². The van der Waals surface area contributed by atoms with Gasteiger partial charge in [0.05, 0.1) is 39.9 Å². The third-order valence-electron chi connectivity index (χ3n) is 14.3. The molecular formula is C63H123N2O6P. The third kappa shape index (κ3) is 56.4. The van der Waals surface area contributed by atoms with Crippen LogP contribution in [0.25, 0.3) is 0 Å². The van der Waals surface area contributed by atoms with Gasteiger partial charge in [-0.3, -0.25) is 9.36 Å². The molecule has 0 rings (SSSR count). The Hall–Kier alpha value is -1.28. The average molecular weight is 1040 g/mol. The molecule has 0 radical (unpaired) electrons. The van der Waals surface area contributed by atoms with Crippen LogP contribution in [-0.2, 0) is 18.4 Å². The number of phosphoric acid groups is 1. The van der Waals surface area contributed by atoms with E-state index in [4.69, 9.17) is 9.05 Å². The summed E-state index contributed by atoms with van der Waals surface area (Å²) in [6, 6.07) is -0.890. The number of nitrogens with one attached hydrogen (secondary N) is 1. The van der Waals surface area contributed by atoms with Crippen LogP contribution in [0.4, 0.5) is 0 Å². The smallest absolute Gasteiger partial charge is 0.268 e. The molecule has 0 aliphatic heterocycles. The number of aliphatic hydroxyl groups is 1. The number of quaternary nitrogens is 1. The van der Waals surface area contributed by atoms with Gasteiger partial charge in [-0.25, -0.2) is 0 Å². The zero-order valence-corrected chi connectivity index (χ0v) is 49.5. The minimum atomic E-state index is -4.60. The molecule has 72 heavy (non-hydrogen) atoms. The summed E-state index contributed by atoms with van der Waals surface area (Å²) in [5.41, 5.74) is 0. The van der Waals surface area contributed by atoms with Crippen LogP contribution in [0.1, 0.15) is 309 Å². The minimum absolute atomic E-state index is 0.00133. The molecule has 0 aromatic carbocycles. The van der Waals surface area contributed by atoms with Gasteiger partial charge in [-0.2, -0.15) is 0 Å². The lowest BCUT2D eigenvalue weighted by Crippen LogP contribution is -2.45. The number of allylic oxidation sites excluding steroid dienone is 5. The average Bonchev–Trinajstić information content (AvgIpc) is 3.34. The molecule has 8 nitrogen and oxygen atoms in total. The summed E-state index contributed by atoms with van der Waals surface area (Å²) in [6.45, 7) is 4.68. The quantitative estimate of drug-likeness (QED) is 0.0272. The Morgan fingerprint density at radius 2 is 0.806 bits per heavy atom. The highest BCUT2D eigenvalue weighted by atomic mass is 31.2. The van der Waals surface area contributed by atoms with Crippen molar-refractivity contribution in [3.05, 3.63) is 36.5 Å². The molecule has 0 aromatic heterocycles. The van der Waals surface area contributed by atoms with E-state index in [1.807, 2.05) is 27.2 Å². The molecule has 3 atom stereocenters. The van der Waals surface area contributed by atoms with Crippen molar-refractivity contribution in [1.29, 1.82) is 0 Å². The SMILES string of the molecule is CCCCCCC/C=C\C/C=C\CCCCCCCCCCCC(=O)NC(COP(=O)([O-])OCC[N+](C)(C)C)C(O)/C=C/CCCCCCCCCCCCCCCCCCCCCCCCCCCCC. The predicted molar refractivity (Wildman–Crippen MR) is 311 cm³/mol. The number of nitrogens with zero attached hydrogens (tertiary/aromatic N) is 1. The number of unbranched alkanes of at least 4 members (excludes halogenated alkanes) is 41. The van der Waals surface area contributed by atoms with Crippen LogP contribution in [-0.4, -0.2) is 68.5 Å². The lowest BCUT2D eigenvalue weighted by Gasteiger charge is -2.29. The fourth-order valence-corrected chi connectivity index (χ4v) is 10.1. The van der Waals surface area contributed by atoms with E-state index in [-0.39, 0.29) is 19.1 Å². The van der Waals surface area contributed by atoms with E-state index in [1.165, 1.54) is 244 Å². The van der Waals surface area contributed by atoms with Crippen LogP contribution < -0.4 is 10.2 Å². The number of carbonyl (C=O) groups is 1. The van der Waals surface area contributed by atoms with Crippen molar-refractivity contribution in [3.8, 4) is 0 Å². The maximum absolute atomic E-state index is 13.0. The number of phosphoric ester groups is 1. The second-order valence-electron chi connectivity index (χ2n) is 22.8. The van der Waals surface area contributed by atoms with Gasteiger partial charge >= 0.3 is 0 Å². The first-order valence-corrected chi connectivity index (χ1v) is 32.8. The van der Waals surface area contributed by atoms with E-state index in [1.54, 1.807) is 6.08 Å². The second kappa shape index (κ2) is 54.5. The normalized spacial score (nSPS) is 14.0. The first-order valence-electron chi connectivity index (χ1n) is 31.4. The van der Waals surface area contributed by atoms with Gasteiger partial charge in [0.2, 0.25) is 5.91 Å². The first-order chi connectivity index (χ1) is 35.0. The van der Waals surface area contributed by atoms with Gasteiger partial charge in [0, 0.05) is 6.42 Å². The molecule has 9 heteroatoms. The third-order valence-corrected chi connectivity index (χ3v) is 15.3. The zero-order valence-electron chi connectivity index (χ0n) is 48.6. The Balaban J connectivity index is 4.13. The fourth-order valence-electron chi connectivity index (χ4n) is 9.42. The molecule has 0 aliphatic rings. The standard InChI is InChI=1S/C63H123N2O6P/c1-6-8-10-12-14-16-18-20-22-24-26-28-29-30-31-32-33-34-35-37-38-40-42-44-46-48-50-52-54-56-62(66)61(60-71-72(68,69)70-59-58-65(3,4)5)64-63(67)57-55-53-51-49-47-45-43-41-39-36-27-25-23-21-19-17-15-13-11-9-7-2/h19,21,25,27,54,56,61-62,66H,6-18,20,22-24,26,28-53,55,57-60H2,1-5H3,(H-,64,67,68,69)/b21-19-,27-25-,56-54+. The number of amides is 1. The van der Waals surface area contributed by atoms with E-state index < -0.39 is 20.0 Å². The number of carbonyl (C=O) groups excluding carboxylic acids is 1. The molecule has 0 heterocycles. The fraction of sp³-hybridized carbons (Fsp3) is 0.889. The zero-order chi connectivity index (χ0) is 52.7. The van der Waals surface area contributed by atoms with Gasteiger partial charge in [0.15, 0.2) is 0 Å². The Kier molecular flexibility index (Phi) is 53.5. The van der Waals surface area contributed by atoms with E-state index in [0.717, 1.165) is 44.9 Å². The number of likely N-dealkylation sites (N-methyl/N-ethyl adjacent to an activating group) is 1. The van der Waals surface area contributed by atoms with Crippen molar-refractivity contribution >= 4 is 13.7 Å². The topological polar surface area (TPSA) is 108 Å². The molecule has 3 unspecified atom stereocenters. The predicted octanol–water partition coefficient (Wildman–Crippen LogP) is 18.7. The second-order valence-corrected chi connectivity index (χ2v) is 24.2. The molecule has 0 bridgehead atoms. The minimum Gasteiger partial charge on any atom is -0.756 e. The van der Waals surface area contributed by atoms with Gasteiger partial charge in [-0.1, -0.05) is 288 Å². The Morgan fingerprint density at radius 3 is 1.15 bits per heavy atom. The summed E-state index contributed by atoms with van der Waals surface area (Å²) in [7, 11) is 1.27. The van der Waals surface area contributed by atoms with Gasteiger partial charge in [0.1, 0.15) is 13.2 Å². The van der Waals surface area contributed by atoms with Crippen LogP contribution in [0.3, 0.4) is 0 Å². The summed E-state index contributed by atoms with van der Waals surface area (Å²) in [6.07, 6.45) is 70.9. The number of aliphatic hydroxyl groups excluding tert-OH is 1. The highest BCUT2D eigenvalue weighted by molar-refractivity contribution is 7.45. The van der Waals surface area contributed by atoms with Crippen molar-refractivity contribution in [2.45, 2.75) is 321 Å². The summed E-state index contributed by atoms with van der Waals surface area (Å²) < 4.78 is 23.4. The first kappa shape index (κ1) is 70.7. The van der Waals surface area contributed by atoms with Gasteiger partial charge < -0.3 is 28.8 Å². The van der Waals surface area contributed by atoms with E-state index >= 15 is 0 Å². The van der Waals surface area contributed by atoms with Crippen molar-refractivity contribution in [2.75, 3.05) is 40.9 Å².